The van der Waals surface area contributed by atoms with Crippen LogP contribution in [-0.4, -0.2) is 10.9 Å². The molecule has 3 rings (SSSR count). The van der Waals surface area contributed by atoms with E-state index in [1.54, 1.807) is 12.4 Å². The first-order valence-corrected chi connectivity index (χ1v) is 8.20. The number of amides is 1. The zero-order valence-corrected chi connectivity index (χ0v) is 14.1. The van der Waals surface area contributed by atoms with Gasteiger partial charge in [-0.3, -0.25) is 9.78 Å². The van der Waals surface area contributed by atoms with E-state index in [1.807, 2.05) is 73.7 Å². The summed E-state index contributed by atoms with van der Waals surface area (Å²) >= 11 is 0. The van der Waals surface area contributed by atoms with Crippen LogP contribution in [0.5, 0.6) is 5.75 Å². The van der Waals surface area contributed by atoms with Crippen LogP contribution in [0.25, 0.3) is 0 Å². The number of benzene rings is 2. The molecule has 3 aromatic rings. The van der Waals surface area contributed by atoms with Crippen LogP contribution in [0.2, 0.25) is 0 Å². The number of carbonyl (C=O) groups excluding carboxylic acids is 1. The van der Waals surface area contributed by atoms with Crippen LogP contribution in [-0.2, 0) is 6.61 Å². The first kappa shape index (κ1) is 16.7. The molecule has 4 heteroatoms. The van der Waals surface area contributed by atoms with Gasteiger partial charge in [0.2, 0.25) is 0 Å². The Bertz CT molecular complexity index is 802. The van der Waals surface area contributed by atoms with Crippen LogP contribution in [0.1, 0.15) is 34.5 Å². The van der Waals surface area contributed by atoms with Gasteiger partial charge in [0.25, 0.3) is 5.91 Å². The van der Waals surface area contributed by atoms with Gasteiger partial charge in [-0.25, -0.2) is 0 Å². The fourth-order valence-corrected chi connectivity index (χ4v) is 2.45. The number of ether oxygens (including phenoxy) is 1. The number of para-hydroxylation sites is 1. The van der Waals surface area contributed by atoms with E-state index in [0.29, 0.717) is 12.2 Å². The van der Waals surface area contributed by atoms with Gasteiger partial charge in [0, 0.05) is 18.0 Å². The first-order chi connectivity index (χ1) is 12.2. The third-order valence-corrected chi connectivity index (χ3v) is 3.92. The van der Waals surface area contributed by atoms with Gasteiger partial charge in [-0.1, -0.05) is 30.3 Å². The molecular weight excluding hydrogens is 312 g/mol. The highest BCUT2D eigenvalue weighted by molar-refractivity contribution is 5.94. The zero-order chi connectivity index (χ0) is 17.5. The highest BCUT2D eigenvalue weighted by Gasteiger charge is 2.11. The summed E-state index contributed by atoms with van der Waals surface area (Å²) in [6.07, 6.45) is 3.44. The summed E-state index contributed by atoms with van der Waals surface area (Å²) in [6, 6.07) is 20.8. The van der Waals surface area contributed by atoms with E-state index >= 15 is 0 Å². The Labute approximate surface area is 147 Å². The van der Waals surface area contributed by atoms with Crippen molar-refractivity contribution < 1.29 is 9.53 Å². The van der Waals surface area contributed by atoms with Gasteiger partial charge in [0.1, 0.15) is 12.4 Å². The molecule has 1 N–H and O–H groups in total. The fraction of sp³-hybridized carbons (Fsp3) is 0.143. The van der Waals surface area contributed by atoms with E-state index in [9.17, 15) is 4.79 Å². The molecule has 1 atom stereocenters. The minimum atomic E-state index is -0.0974. The van der Waals surface area contributed by atoms with E-state index in [0.717, 1.165) is 16.9 Å². The van der Waals surface area contributed by atoms with E-state index in [4.69, 9.17) is 4.74 Å². The monoisotopic (exact) mass is 332 g/mol. The molecule has 1 aromatic heterocycles. The van der Waals surface area contributed by atoms with Crippen molar-refractivity contribution in [3.05, 3.63) is 95.8 Å². The molecule has 0 spiro atoms. The van der Waals surface area contributed by atoms with Crippen molar-refractivity contribution in [3.63, 3.8) is 0 Å². The number of nitrogens with one attached hydrogen (secondary N) is 1. The van der Waals surface area contributed by atoms with E-state index in [-0.39, 0.29) is 11.9 Å². The number of hydrogen-bond acceptors (Lipinski definition) is 3. The van der Waals surface area contributed by atoms with Crippen LogP contribution in [0.15, 0.2) is 79.1 Å². The molecule has 0 fully saturated rings. The Morgan fingerprint density at radius 1 is 1.00 bits per heavy atom. The summed E-state index contributed by atoms with van der Waals surface area (Å²) in [4.78, 5) is 16.4. The topological polar surface area (TPSA) is 51.2 Å². The number of carbonyl (C=O) groups is 1. The predicted molar refractivity (Wildman–Crippen MR) is 97.3 cm³/mol. The molecular formula is C21H20N2O2. The lowest BCUT2D eigenvalue weighted by Crippen LogP contribution is -2.26. The molecule has 2 aromatic carbocycles. The lowest BCUT2D eigenvalue weighted by molar-refractivity contribution is 0.0940. The quantitative estimate of drug-likeness (QED) is 0.738. The Morgan fingerprint density at radius 3 is 2.36 bits per heavy atom. The maximum absolute atomic E-state index is 12.4. The SMILES string of the molecule is CC(NC(=O)c1ccc(COc2ccccc2)cc1)c1ccncc1. The van der Waals surface area contributed by atoms with Gasteiger partial charge in [0.05, 0.1) is 6.04 Å². The average molecular weight is 332 g/mol. The molecule has 0 aliphatic heterocycles. The maximum Gasteiger partial charge on any atom is 0.251 e. The summed E-state index contributed by atoms with van der Waals surface area (Å²) in [7, 11) is 0. The first-order valence-electron chi connectivity index (χ1n) is 8.20. The Hall–Kier alpha value is -3.14. The van der Waals surface area contributed by atoms with Crippen molar-refractivity contribution in [1.82, 2.24) is 10.3 Å². The Balaban J connectivity index is 1.57. The number of rotatable bonds is 6. The van der Waals surface area contributed by atoms with Gasteiger partial charge in [-0.05, 0) is 54.4 Å². The molecule has 0 saturated heterocycles. The summed E-state index contributed by atoms with van der Waals surface area (Å²) in [5.41, 5.74) is 2.67. The minimum absolute atomic E-state index is 0.0726. The van der Waals surface area contributed by atoms with E-state index < -0.39 is 0 Å². The average Bonchev–Trinajstić information content (AvgIpc) is 2.68. The van der Waals surface area contributed by atoms with Gasteiger partial charge < -0.3 is 10.1 Å². The van der Waals surface area contributed by atoms with Crippen molar-refractivity contribution in [2.24, 2.45) is 0 Å². The van der Waals surface area contributed by atoms with E-state index in [2.05, 4.69) is 10.3 Å². The number of hydrogen-bond donors (Lipinski definition) is 1. The second-order valence-electron chi connectivity index (χ2n) is 5.77. The number of aromatic nitrogens is 1. The second-order valence-corrected chi connectivity index (χ2v) is 5.77. The smallest absolute Gasteiger partial charge is 0.251 e. The van der Waals surface area contributed by atoms with Crippen molar-refractivity contribution in [2.75, 3.05) is 0 Å². The van der Waals surface area contributed by atoms with Crippen molar-refractivity contribution in [1.29, 1.82) is 0 Å². The molecule has 1 amide bonds. The molecule has 0 aliphatic carbocycles. The highest BCUT2D eigenvalue weighted by Crippen LogP contribution is 2.14. The predicted octanol–water partition coefficient (Wildman–Crippen LogP) is 4.15. The van der Waals surface area contributed by atoms with Crippen LogP contribution in [0, 0.1) is 0 Å². The molecule has 0 radical (unpaired) electrons. The van der Waals surface area contributed by atoms with Crippen molar-refractivity contribution in [3.8, 4) is 5.75 Å². The van der Waals surface area contributed by atoms with Crippen molar-refractivity contribution in [2.45, 2.75) is 19.6 Å². The summed E-state index contributed by atoms with van der Waals surface area (Å²) in [5.74, 6) is 0.732. The third kappa shape index (κ3) is 4.67. The largest absolute Gasteiger partial charge is 0.489 e. The lowest BCUT2D eigenvalue weighted by Gasteiger charge is -2.14. The van der Waals surface area contributed by atoms with Crippen LogP contribution in [0.3, 0.4) is 0 Å². The molecule has 25 heavy (non-hydrogen) atoms. The normalized spacial score (nSPS) is 11.6. The maximum atomic E-state index is 12.4. The molecule has 0 aliphatic rings. The molecule has 1 heterocycles. The Kier molecular flexibility index (Phi) is 5.42. The fourth-order valence-electron chi connectivity index (χ4n) is 2.45. The van der Waals surface area contributed by atoms with Gasteiger partial charge in [-0.15, -0.1) is 0 Å². The zero-order valence-electron chi connectivity index (χ0n) is 14.1. The molecule has 0 saturated carbocycles. The second kappa shape index (κ2) is 8.11. The molecule has 1 unspecified atom stereocenters. The highest BCUT2D eigenvalue weighted by atomic mass is 16.5. The van der Waals surface area contributed by atoms with Crippen LogP contribution < -0.4 is 10.1 Å². The van der Waals surface area contributed by atoms with Gasteiger partial charge >= 0.3 is 0 Å². The van der Waals surface area contributed by atoms with E-state index in [1.165, 1.54) is 0 Å². The standard InChI is InChI=1S/C21H20N2O2/c1-16(18-11-13-22-14-12-18)23-21(24)19-9-7-17(8-10-19)15-25-20-5-3-2-4-6-20/h2-14,16H,15H2,1H3,(H,23,24). The molecule has 126 valence electrons. The summed E-state index contributed by atoms with van der Waals surface area (Å²) < 4.78 is 5.71. The van der Waals surface area contributed by atoms with Gasteiger partial charge in [0.15, 0.2) is 0 Å². The molecule has 0 bridgehead atoms. The molecule has 4 nitrogen and oxygen atoms in total. The van der Waals surface area contributed by atoms with Crippen LogP contribution >= 0.6 is 0 Å². The third-order valence-electron chi connectivity index (χ3n) is 3.92. The summed E-state index contributed by atoms with van der Waals surface area (Å²) in [5, 5.41) is 2.99. The van der Waals surface area contributed by atoms with Crippen molar-refractivity contribution >= 4 is 5.91 Å². The number of pyridine rings is 1. The summed E-state index contributed by atoms with van der Waals surface area (Å²) in [6.45, 7) is 2.43. The lowest BCUT2D eigenvalue weighted by atomic mass is 10.1. The minimum Gasteiger partial charge on any atom is -0.489 e. The number of nitrogens with zero attached hydrogens (tertiary/aromatic N) is 1. The van der Waals surface area contributed by atoms with Gasteiger partial charge in [-0.2, -0.15) is 0 Å². The van der Waals surface area contributed by atoms with Crippen LogP contribution in [0.4, 0.5) is 0 Å². The Morgan fingerprint density at radius 2 is 1.68 bits per heavy atom.